The Hall–Kier alpha value is -1.80. The molecular weight excluding hydrogens is 391 g/mol. The van der Waals surface area contributed by atoms with Crippen LogP contribution in [0.25, 0.3) is 10.4 Å². The van der Waals surface area contributed by atoms with E-state index in [-0.39, 0.29) is 11.4 Å². The highest BCUT2D eigenvalue weighted by atomic mass is 32.2. The second-order valence-corrected chi connectivity index (χ2v) is 8.45. The van der Waals surface area contributed by atoms with Crippen molar-refractivity contribution in [2.75, 3.05) is 5.75 Å². The van der Waals surface area contributed by atoms with Crippen LogP contribution < -0.4 is 5.73 Å². The van der Waals surface area contributed by atoms with E-state index in [0.29, 0.717) is 6.08 Å². The lowest BCUT2D eigenvalue weighted by atomic mass is 10.1. The number of halogens is 3. The van der Waals surface area contributed by atoms with E-state index in [1.807, 2.05) is 17.8 Å². The number of thioether (sulfide) groups is 1. The van der Waals surface area contributed by atoms with Crippen molar-refractivity contribution >= 4 is 28.8 Å². The average molecular weight is 414 g/mol. The average Bonchev–Trinajstić information content (AvgIpc) is 3.10. The van der Waals surface area contributed by atoms with Gasteiger partial charge in [-0.3, -0.25) is 10.4 Å². The molecule has 27 heavy (non-hydrogen) atoms. The van der Waals surface area contributed by atoms with Crippen molar-refractivity contribution in [2.24, 2.45) is 5.73 Å². The van der Waals surface area contributed by atoms with Crippen molar-refractivity contribution in [3.05, 3.63) is 47.9 Å². The molecule has 0 aromatic carbocycles. The Labute approximate surface area is 165 Å². The fourth-order valence-electron chi connectivity index (χ4n) is 2.30. The van der Waals surface area contributed by atoms with Gasteiger partial charge in [-0.15, -0.1) is 23.1 Å². The molecule has 8 heteroatoms. The molecule has 2 aromatic heterocycles. The summed E-state index contributed by atoms with van der Waals surface area (Å²) in [5, 5.41) is 7.83. The van der Waals surface area contributed by atoms with Gasteiger partial charge in [-0.2, -0.15) is 13.2 Å². The molecule has 0 aliphatic rings. The highest BCUT2D eigenvalue weighted by molar-refractivity contribution is 8.01. The van der Waals surface area contributed by atoms with Gasteiger partial charge in [-0.1, -0.05) is 26.2 Å². The number of hydrogen-bond donors (Lipinski definition) is 2. The zero-order valence-corrected chi connectivity index (χ0v) is 16.6. The van der Waals surface area contributed by atoms with Crippen molar-refractivity contribution < 1.29 is 13.2 Å². The molecule has 0 spiro atoms. The molecule has 0 amide bonds. The Kier molecular flexibility index (Phi) is 7.91. The van der Waals surface area contributed by atoms with Crippen LogP contribution in [-0.2, 0) is 0 Å². The largest absolute Gasteiger partial charge is 0.430 e. The van der Waals surface area contributed by atoms with E-state index in [1.54, 1.807) is 23.5 Å². The number of unbranched alkanes of at least 4 members (excludes halogenated alkanes) is 3. The Bertz CT molecular complexity index is 797. The normalized spacial score (nSPS) is 12.4. The lowest BCUT2D eigenvalue weighted by Gasteiger charge is -2.07. The summed E-state index contributed by atoms with van der Waals surface area (Å²) in [6.07, 6.45) is 2.35. The Morgan fingerprint density at radius 3 is 2.74 bits per heavy atom. The Balaban J connectivity index is 2.06. The molecular formula is C19H22F3N3S2. The van der Waals surface area contributed by atoms with Gasteiger partial charge in [-0.25, -0.2) is 0 Å². The predicted molar refractivity (Wildman–Crippen MR) is 108 cm³/mol. The summed E-state index contributed by atoms with van der Waals surface area (Å²) in [6, 6.07) is 7.44. The van der Waals surface area contributed by atoms with Crippen molar-refractivity contribution in [3.8, 4) is 10.4 Å². The van der Waals surface area contributed by atoms with Gasteiger partial charge in [0, 0.05) is 11.1 Å². The lowest BCUT2D eigenvalue weighted by Crippen LogP contribution is -2.20. The first-order chi connectivity index (χ1) is 12.8. The number of allylic oxidation sites excluding steroid dienone is 2. The molecule has 0 radical (unpaired) electrons. The minimum atomic E-state index is -4.65. The number of thiophene rings is 1. The van der Waals surface area contributed by atoms with Crippen LogP contribution in [0.4, 0.5) is 13.2 Å². The zero-order chi connectivity index (χ0) is 19.9. The summed E-state index contributed by atoms with van der Waals surface area (Å²) in [7, 11) is 0. The molecule has 0 saturated carbocycles. The second-order valence-electron chi connectivity index (χ2n) is 5.97. The van der Waals surface area contributed by atoms with E-state index in [9.17, 15) is 13.2 Å². The second kappa shape index (κ2) is 9.94. The number of rotatable bonds is 9. The summed E-state index contributed by atoms with van der Waals surface area (Å²) >= 11 is 3.45. The van der Waals surface area contributed by atoms with Crippen LogP contribution in [0.1, 0.15) is 38.3 Å². The van der Waals surface area contributed by atoms with Crippen LogP contribution >= 0.6 is 23.1 Å². The Morgan fingerprint density at radius 1 is 1.26 bits per heavy atom. The van der Waals surface area contributed by atoms with Gasteiger partial charge in [0.05, 0.1) is 15.6 Å². The van der Waals surface area contributed by atoms with Gasteiger partial charge >= 0.3 is 6.18 Å². The molecule has 0 atom stereocenters. The highest BCUT2D eigenvalue weighted by Gasteiger charge is 2.31. The zero-order valence-electron chi connectivity index (χ0n) is 15.0. The topological polar surface area (TPSA) is 62.8 Å². The number of hydrogen-bond acceptors (Lipinski definition) is 5. The summed E-state index contributed by atoms with van der Waals surface area (Å²) in [4.78, 5) is 4.99. The van der Waals surface area contributed by atoms with Gasteiger partial charge in [-0.05, 0) is 48.1 Å². The standard InChI is InChI=1S/C19H22F3N3S2/c1-2-3-4-5-10-26-18-7-6-16(27-18)13-8-9-25-15(11-13)14(23)12-17(24)19(20,21)22/h6-9,11-12,23H,2-5,10,24H2,1H3. The van der Waals surface area contributed by atoms with Crippen molar-refractivity contribution in [1.29, 1.82) is 5.41 Å². The third-order valence-electron chi connectivity index (χ3n) is 3.77. The number of alkyl halides is 3. The molecule has 3 nitrogen and oxygen atoms in total. The predicted octanol–water partition coefficient (Wildman–Crippen LogP) is 6.26. The van der Waals surface area contributed by atoms with Gasteiger partial charge < -0.3 is 5.73 Å². The molecule has 3 N–H and O–H groups in total. The van der Waals surface area contributed by atoms with E-state index in [0.717, 1.165) is 16.2 Å². The van der Waals surface area contributed by atoms with Gasteiger partial charge in [0.15, 0.2) is 0 Å². The van der Waals surface area contributed by atoms with Crippen LogP contribution in [0.3, 0.4) is 0 Å². The third-order valence-corrected chi connectivity index (χ3v) is 6.22. The first kappa shape index (κ1) is 21.5. The number of aromatic nitrogens is 1. The minimum absolute atomic E-state index is 0.155. The fraction of sp³-hybridized carbons (Fsp3) is 0.368. The van der Waals surface area contributed by atoms with Crippen LogP contribution in [0, 0.1) is 5.41 Å². The van der Waals surface area contributed by atoms with Crippen LogP contribution in [0.2, 0.25) is 0 Å². The smallest absolute Gasteiger partial charge is 0.395 e. The van der Waals surface area contributed by atoms with Crippen molar-refractivity contribution in [3.63, 3.8) is 0 Å². The number of nitrogens with zero attached hydrogens (tertiary/aromatic N) is 1. The van der Waals surface area contributed by atoms with Gasteiger partial charge in [0.1, 0.15) is 5.70 Å². The summed E-state index contributed by atoms with van der Waals surface area (Å²) in [5.41, 5.74) is 4.29. The number of nitrogens with two attached hydrogens (primary N) is 1. The van der Waals surface area contributed by atoms with Crippen LogP contribution in [0.15, 0.2) is 46.4 Å². The molecule has 2 rings (SSSR count). The molecule has 0 saturated heterocycles. The van der Waals surface area contributed by atoms with Crippen molar-refractivity contribution in [1.82, 2.24) is 4.98 Å². The minimum Gasteiger partial charge on any atom is -0.395 e. The summed E-state index contributed by atoms with van der Waals surface area (Å²) in [5.74, 6) is 1.08. The molecule has 0 aliphatic heterocycles. The molecule has 146 valence electrons. The lowest BCUT2D eigenvalue weighted by molar-refractivity contribution is -0.0925. The van der Waals surface area contributed by atoms with E-state index in [1.165, 1.54) is 36.1 Å². The van der Waals surface area contributed by atoms with E-state index < -0.39 is 11.9 Å². The van der Waals surface area contributed by atoms with E-state index in [2.05, 4.69) is 18.0 Å². The van der Waals surface area contributed by atoms with Crippen LogP contribution in [0.5, 0.6) is 0 Å². The summed E-state index contributed by atoms with van der Waals surface area (Å²) < 4.78 is 38.8. The maximum atomic E-state index is 12.5. The van der Waals surface area contributed by atoms with E-state index in [4.69, 9.17) is 11.1 Å². The molecule has 0 fully saturated rings. The first-order valence-corrected chi connectivity index (χ1v) is 10.4. The molecule has 2 heterocycles. The SMILES string of the molecule is CCCCCCSc1ccc(-c2ccnc(C(=N)C=C(N)C(F)(F)F)c2)s1. The maximum Gasteiger partial charge on any atom is 0.430 e. The van der Waals surface area contributed by atoms with Gasteiger partial charge in [0.25, 0.3) is 0 Å². The van der Waals surface area contributed by atoms with Crippen molar-refractivity contribution in [2.45, 2.75) is 43.0 Å². The third kappa shape index (κ3) is 6.70. The molecule has 0 unspecified atom stereocenters. The monoisotopic (exact) mass is 413 g/mol. The molecule has 2 aromatic rings. The maximum absolute atomic E-state index is 12.5. The fourth-order valence-corrected chi connectivity index (χ4v) is 4.50. The quantitative estimate of drug-likeness (QED) is 0.290. The van der Waals surface area contributed by atoms with Crippen LogP contribution in [-0.4, -0.2) is 22.6 Å². The van der Waals surface area contributed by atoms with Gasteiger partial charge in [0.2, 0.25) is 0 Å². The Morgan fingerprint density at radius 2 is 2.04 bits per heavy atom. The van der Waals surface area contributed by atoms with E-state index >= 15 is 0 Å². The first-order valence-electron chi connectivity index (χ1n) is 8.63. The number of nitrogens with one attached hydrogen (secondary N) is 1. The summed E-state index contributed by atoms with van der Waals surface area (Å²) in [6.45, 7) is 2.19. The highest BCUT2D eigenvalue weighted by Crippen LogP contribution is 2.34. The number of pyridine rings is 1. The molecule has 0 bridgehead atoms. The molecule has 0 aliphatic carbocycles.